The largest absolute Gasteiger partial charge is 0.345 e. The van der Waals surface area contributed by atoms with Gasteiger partial charge in [-0.1, -0.05) is 25.4 Å². The first-order valence-electron chi connectivity index (χ1n) is 6.89. The fourth-order valence-corrected chi connectivity index (χ4v) is 2.60. The SMILES string of the molecule is CC(C)CC1C(=O)NCC(=O)N1Cc1cc(F)ccc1Cl. The standard InChI is InChI=1S/C15H18ClFN2O2/c1-9(2)5-13-15(21)18-7-14(20)19(13)8-10-6-11(17)3-4-12(10)16/h3-4,6,9,13H,5,7-8H2,1-2H3,(H,18,21). The summed E-state index contributed by atoms with van der Waals surface area (Å²) < 4.78 is 13.3. The Balaban J connectivity index is 2.26. The minimum atomic E-state index is -0.536. The van der Waals surface area contributed by atoms with Gasteiger partial charge in [0, 0.05) is 11.6 Å². The van der Waals surface area contributed by atoms with Crippen molar-refractivity contribution in [2.75, 3.05) is 6.54 Å². The lowest BCUT2D eigenvalue weighted by atomic mass is 9.99. The Hall–Kier alpha value is -1.62. The van der Waals surface area contributed by atoms with Crippen molar-refractivity contribution in [2.45, 2.75) is 32.9 Å². The van der Waals surface area contributed by atoms with Gasteiger partial charge in [-0.05, 0) is 36.1 Å². The first-order chi connectivity index (χ1) is 9.88. The zero-order valence-corrected chi connectivity index (χ0v) is 12.8. The van der Waals surface area contributed by atoms with Gasteiger partial charge in [0.2, 0.25) is 11.8 Å². The number of hydrogen-bond acceptors (Lipinski definition) is 2. The van der Waals surface area contributed by atoms with Crippen LogP contribution in [0.4, 0.5) is 4.39 Å². The first kappa shape index (κ1) is 15.8. The van der Waals surface area contributed by atoms with E-state index < -0.39 is 11.9 Å². The molecule has 0 radical (unpaired) electrons. The van der Waals surface area contributed by atoms with Gasteiger partial charge in [0.15, 0.2) is 0 Å². The molecule has 21 heavy (non-hydrogen) atoms. The molecule has 1 unspecified atom stereocenters. The highest BCUT2D eigenvalue weighted by molar-refractivity contribution is 6.31. The fraction of sp³-hybridized carbons (Fsp3) is 0.467. The molecule has 4 nitrogen and oxygen atoms in total. The van der Waals surface area contributed by atoms with E-state index in [2.05, 4.69) is 5.32 Å². The number of halogens is 2. The van der Waals surface area contributed by atoms with Crippen molar-refractivity contribution < 1.29 is 14.0 Å². The number of benzene rings is 1. The minimum absolute atomic E-state index is 0.0274. The van der Waals surface area contributed by atoms with Crippen LogP contribution in [0.3, 0.4) is 0 Å². The number of nitrogens with zero attached hydrogens (tertiary/aromatic N) is 1. The van der Waals surface area contributed by atoms with Crippen molar-refractivity contribution in [1.29, 1.82) is 0 Å². The van der Waals surface area contributed by atoms with Crippen LogP contribution in [-0.4, -0.2) is 29.3 Å². The van der Waals surface area contributed by atoms with Gasteiger partial charge in [0.25, 0.3) is 0 Å². The molecule has 1 N–H and O–H groups in total. The van der Waals surface area contributed by atoms with E-state index in [1.807, 2.05) is 13.8 Å². The number of piperazine rings is 1. The van der Waals surface area contributed by atoms with Crippen molar-refractivity contribution in [1.82, 2.24) is 10.2 Å². The zero-order chi connectivity index (χ0) is 15.6. The van der Waals surface area contributed by atoms with E-state index in [1.165, 1.54) is 23.1 Å². The van der Waals surface area contributed by atoms with Gasteiger partial charge in [-0.15, -0.1) is 0 Å². The van der Waals surface area contributed by atoms with Crippen LogP contribution in [0.15, 0.2) is 18.2 Å². The number of nitrogens with one attached hydrogen (secondary N) is 1. The molecule has 1 fully saturated rings. The smallest absolute Gasteiger partial charge is 0.243 e. The third-order valence-electron chi connectivity index (χ3n) is 3.46. The molecule has 1 saturated heterocycles. The maximum absolute atomic E-state index is 13.3. The number of carbonyl (C=O) groups is 2. The quantitative estimate of drug-likeness (QED) is 0.928. The molecule has 1 atom stereocenters. The number of rotatable bonds is 4. The summed E-state index contributed by atoms with van der Waals surface area (Å²) in [5.74, 6) is -0.503. The van der Waals surface area contributed by atoms with E-state index >= 15 is 0 Å². The molecule has 114 valence electrons. The molecule has 0 spiro atoms. The lowest BCUT2D eigenvalue weighted by molar-refractivity contribution is -0.146. The van der Waals surface area contributed by atoms with Crippen molar-refractivity contribution in [3.8, 4) is 0 Å². The Morgan fingerprint density at radius 1 is 1.43 bits per heavy atom. The third kappa shape index (κ3) is 3.73. The van der Waals surface area contributed by atoms with Crippen LogP contribution in [0.5, 0.6) is 0 Å². The van der Waals surface area contributed by atoms with Crippen molar-refractivity contribution >= 4 is 23.4 Å². The summed E-state index contributed by atoms with van der Waals surface area (Å²) in [7, 11) is 0. The number of carbonyl (C=O) groups excluding carboxylic acids is 2. The van der Waals surface area contributed by atoms with E-state index in [0.29, 0.717) is 17.0 Å². The monoisotopic (exact) mass is 312 g/mol. The Morgan fingerprint density at radius 3 is 2.81 bits per heavy atom. The third-order valence-corrected chi connectivity index (χ3v) is 3.82. The average molecular weight is 313 g/mol. The van der Waals surface area contributed by atoms with E-state index in [4.69, 9.17) is 11.6 Å². The second-order valence-electron chi connectivity index (χ2n) is 5.62. The molecule has 0 saturated carbocycles. The lowest BCUT2D eigenvalue weighted by Gasteiger charge is -2.36. The number of hydrogen-bond donors (Lipinski definition) is 1. The normalized spacial score (nSPS) is 19.1. The molecule has 1 heterocycles. The van der Waals surface area contributed by atoms with E-state index in [0.717, 1.165) is 0 Å². The average Bonchev–Trinajstić information content (AvgIpc) is 2.41. The molecule has 0 aliphatic carbocycles. The predicted molar refractivity (Wildman–Crippen MR) is 78.2 cm³/mol. The van der Waals surface area contributed by atoms with Crippen molar-refractivity contribution in [3.63, 3.8) is 0 Å². The molecule has 6 heteroatoms. The molecular formula is C15H18ClFN2O2. The maximum atomic E-state index is 13.3. The highest BCUT2D eigenvalue weighted by atomic mass is 35.5. The molecule has 1 aliphatic rings. The molecule has 2 amide bonds. The van der Waals surface area contributed by atoms with Gasteiger partial charge >= 0.3 is 0 Å². The summed E-state index contributed by atoms with van der Waals surface area (Å²) in [6.07, 6.45) is 0.560. The van der Waals surface area contributed by atoms with E-state index in [9.17, 15) is 14.0 Å². The maximum Gasteiger partial charge on any atom is 0.243 e. The molecule has 1 aromatic carbocycles. The van der Waals surface area contributed by atoms with Crippen LogP contribution in [-0.2, 0) is 16.1 Å². The molecule has 0 bridgehead atoms. The van der Waals surface area contributed by atoms with Crippen LogP contribution >= 0.6 is 11.6 Å². The van der Waals surface area contributed by atoms with Crippen LogP contribution < -0.4 is 5.32 Å². The van der Waals surface area contributed by atoms with Gasteiger partial charge in [0.05, 0.1) is 6.54 Å². The van der Waals surface area contributed by atoms with Crippen LogP contribution in [0.2, 0.25) is 5.02 Å². The van der Waals surface area contributed by atoms with Gasteiger partial charge < -0.3 is 10.2 Å². The summed E-state index contributed by atoms with van der Waals surface area (Å²) in [6, 6.07) is 3.49. The highest BCUT2D eigenvalue weighted by Gasteiger charge is 2.34. The van der Waals surface area contributed by atoms with E-state index in [1.54, 1.807) is 0 Å². The lowest BCUT2D eigenvalue weighted by Crippen LogP contribution is -2.58. The van der Waals surface area contributed by atoms with Crippen LogP contribution in [0.1, 0.15) is 25.8 Å². The topological polar surface area (TPSA) is 49.4 Å². The van der Waals surface area contributed by atoms with Gasteiger partial charge in [0.1, 0.15) is 11.9 Å². The molecule has 1 aliphatic heterocycles. The summed E-state index contributed by atoms with van der Waals surface area (Å²) in [6.45, 7) is 4.08. The van der Waals surface area contributed by atoms with Gasteiger partial charge in [-0.3, -0.25) is 9.59 Å². The second-order valence-corrected chi connectivity index (χ2v) is 6.03. The Labute approximate surface area is 128 Å². The Bertz CT molecular complexity index is 563. The Morgan fingerprint density at radius 2 is 2.14 bits per heavy atom. The molecule has 2 rings (SSSR count). The van der Waals surface area contributed by atoms with Crippen molar-refractivity contribution in [2.24, 2.45) is 5.92 Å². The van der Waals surface area contributed by atoms with E-state index in [-0.39, 0.29) is 30.8 Å². The summed E-state index contributed by atoms with van der Waals surface area (Å²) in [5.41, 5.74) is 0.508. The second kappa shape index (κ2) is 6.43. The first-order valence-corrected chi connectivity index (χ1v) is 7.27. The number of amides is 2. The highest BCUT2D eigenvalue weighted by Crippen LogP contribution is 2.23. The minimum Gasteiger partial charge on any atom is -0.345 e. The molecule has 1 aromatic rings. The van der Waals surface area contributed by atoms with Crippen LogP contribution in [0, 0.1) is 11.7 Å². The predicted octanol–water partition coefficient (Wildman–Crippen LogP) is 2.35. The summed E-state index contributed by atoms with van der Waals surface area (Å²) in [5, 5.41) is 2.98. The molecule has 0 aromatic heterocycles. The molecular weight excluding hydrogens is 295 g/mol. The van der Waals surface area contributed by atoms with Crippen molar-refractivity contribution in [3.05, 3.63) is 34.6 Å². The van der Waals surface area contributed by atoms with Gasteiger partial charge in [-0.25, -0.2) is 4.39 Å². The Kier molecular flexibility index (Phi) is 4.83. The summed E-state index contributed by atoms with van der Waals surface area (Å²) in [4.78, 5) is 25.6. The zero-order valence-electron chi connectivity index (χ0n) is 12.0. The van der Waals surface area contributed by atoms with Gasteiger partial charge in [-0.2, -0.15) is 0 Å². The summed E-state index contributed by atoms with van der Waals surface area (Å²) >= 11 is 6.05. The fourth-order valence-electron chi connectivity index (χ4n) is 2.42. The van der Waals surface area contributed by atoms with Crippen LogP contribution in [0.25, 0.3) is 0 Å².